The van der Waals surface area contributed by atoms with E-state index in [-0.39, 0.29) is 43.8 Å². The number of carbonyl (C=O) groups is 1. The van der Waals surface area contributed by atoms with Crippen molar-refractivity contribution in [2.75, 3.05) is 0 Å². The Morgan fingerprint density at radius 3 is 2.23 bits per heavy atom. The summed E-state index contributed by atoms with van der Waals surface area (Å²) in [5, 5.41) is 11.0. The van der Waals surface area contributed by atoms with E-state index in [0.29, 0.717) is 12.8 Å². The first-order valence-electron chi connectivity index (χ1n) is 4.40. The molecule has 0 aromatic heterocycles. The van der Waals surface area contributed by atoms with Crippen LogP contribution in [0, 0.1) is 0 Å². The van der Waals surface area contributed by atoms with Crippen molar-refractivity contribution in [2.24, 2.45) is 0 Å². The summed E-state index contributed by atoms with van der Waals surface area (Å²) < 4.78 is 0. The van der Waals surface area contributed by atoms with E-state index in [1.54, 1.807) is 0 Å². The van der Waals surface area contributed by atoms with Crippen molar-refractivity contribution in [1.29, 1.82) is 0 Å². The molecular weight excluding hydrogens is 174 g/mol. The number of hydrogen-bond donors (Lipinski definition) is 0. The van der Waals surface area contributed by atoms with Crippen LogP contribution in [0.25, 0.3) is 0 Å². The van der Waals surface area contributed by atoms with Gasteiger partial charge in [0, 0.05) is 6.42 Å². The Morgan fingerprint density at radius 2 is 1.85 bits per heavy atom. The Balaban J connectivity index is -0.000000500. The van der Waals surface area contributed by atoms with E-state index in [2.05, 4.69) is 0 Å². The van der Waals surface area contributed by atoms with Crippen LogP contribution in [0.4, 0.5) is 0 Å². The van der Waals surface area contributed by atoms with Crippen molar-refractivity contribution < 1.29 is 39.5 Å². The molecule has 0 fully saturated rings. The van der Waals surface area contributed by atoms with Crippen LogP contribution in [0.1, 0.15) is 46.0 Å². The largest absolute Gasteiger partial charge is 1.00 e. The van der Waals surface area contributed by atoms with Gasteiger partial charge in [0.2, 0.25) is 0 Å². The van der Waals surface area contributed by atoms with Crippen LogP contribution in [0.3, 0.4) is 0 Å². The topological polar surface area (TPSA) is 40.1 Å². The first-order chi connectivity index (χ1) is 5.22. The van der Waals surface area contributed by atoms with Gasteiger partial charge < -0.3 is 9.90 Å². The van der Waals surface area contributed by atoms with Gasteiger partial charge in [-0.2, -0.15) is 0 Å². The SMILES string of the molecule is B.CCCCC([O-])C(=O)CCC.[Na+]. The van der Waals surface area contributed by atoms with E-state index in [0.717, 1.165) is 19.3 Å². The van der Waals surface area contributed by atoms with Crippen LogP contribution < -0.4 is 34.7 Å². The van der Waals surface area contributed by atoms with Gasteiger partial charge in [-0.25, -0.2) is 0 Å². The van der Waals surface area contributed by atoms with Gasteiger partial charge in [-0.3, -0.25) is 0 Å². The average molecular weight is 194 g/mol. The maximum Gasteiger partial charge on any atom is 1.00 e. The second kappa shape index (κ2) is 12.7. The molecule has 0 radical (unpaired) electrons. The summed E-state index contributed by atoms with van der Waals surface area (Å²) in [5.41, 5.74) is 0. The molecule has 0 aliphatic heterocycles. The number of Topliss-reactive ketones (excluding diaryl/α,β-unsaturated/α-hetero) is 1. The molecular formula is C9H20BNaO2. The van der Waals surface area contributed by atoms with E-state index in [1.165, 1.54) is 0 Å². The summed E-state index contributed by atoms with van der Waals surface area (Å²) in [4.78, 5) is 10.9. The van der Waals surface area contributed by atoms with Gasteiger partial charge in [0.05, 0.1) is 8.41 Å². The molecule has 72 valence electrons. The molecule has 0 spiro atoms. The quantitative estimate of drug-likeness (QED) is 0.425. The molecule has 0 aromatic carbocycles. The van der Waals surface area contributed by atoms with E-state index in [9.17, 15) is 9.90 Å². The molecule has 2 nitrogen and oxygen atoms in total. The Bertz CT molecular complexity index is 120. The fourth-order valence-corrected chi connectivity index (χ4v) is 0.958. The first-order valence-corrected chi connectivity index (χ1v) is 4.40. The summed E-state index contributed by atoms with van der Waals surface area (Å²) in [6.07, 6.45) is 2.70. The molecule has 0 saturated carbocycles. The van der Waals surface area contributed by atoms with Gasteiger partial charge in [0.25, 0.3) is 0 Å². The molecule has 13 heavy (non-hydrogen) atoms. The summed E-state index contributed by atoms with van der Waals surface area (Å²) >= 11 is 0. The predicted molar refractivity (Wildman–Crippen MR) is 53.2 cm³/mol. The standard InChI is InChI=1S/C9H17O2.BH3.Na/c1-3-5-7-9(11)8(10)6-4-2;;/h9H,3-7H2,1-2H3;1H3;/q-1;;+1. The van der Waals surface area contributed by atoms with Crippen molar-refractivity contribution in [3.05, 3.63) is 0 Å². The molecule has 0 aromatic rings. The van der Waals surface area contributed by atoms with Gasteiger partial charge in [-0.05, 0) is 6.42 Å². The third-order valence-corrected chi connectivity index (χ3v) is 1.68. The summed E-state index contributed by atoms with van der Waals surface area (Å²) in [7, 11) is 0. The van der Waals surface area contributed by atoms with E-state index in [4.69, 9.17) is 0 Å². The molecule has 0 bridgehead atoms. The van der Waals surface area contributed by atoms with Crippen molar-refractivity contribution in [3.63, 3.8) is 0 Å². The van der Waals surface area contributed by atoms with E-state index >= 15 is 0 Å². The Labute approximate surface area is 105 Å². The minimum Gasteiger partial charge on any atom is -0.846 e. The first kappa shape index (κ1) is 19.3. The van der Waals surface area contributed by atoms with Gasteiger partial charge in [0.15, 0.2) is 0 Å². The number of hydrogen-bond acceptors (Lipinski definition) is 2. The van der Waals surface area contributed by atoms with Crippen molar-refractivity contribution >= 4 is 14.2 Å². The van der Waals surface area contributed by atoms with Crippen LogP contribution in [-0.2, 0) is 4.79 Å². The maximum absolute atomic E-state index is 11.0. The molecule has 0 amide bonds. The van der Waals surface area contributed by atoms with Crippen LogP contribution in [0.15, 0.2) is 0 Å². The molecule has 0 N–H and O–H groups in total. The van der Waals surface area contributed by atoms with Crippen LogP contribution in [-0.4, -0.2) is 20.3 Å². The fourth-order valence-electron chi connectivity index (χ4n) is 0.958. The predicted octanol–water partition coefficient (Wildman–Crippen LogP) is -2.91. The third-order valence-electron chi connectivity index (χ3n) is 1.68. The zero-order valence-electron chi connectivity index (χ0n) is 8.43. The molecule has 0 saturated heterocycles. The Hall–Kier alpha value is 0.695. The van der Waals surface area contributed by atoms with Crippen LogP contribution >= 0.6 is 0 Å². The molecule has 4 heteroatoms. The van der Waals surface area contributed by atoms with Crippen LogP contribution in [0.5, 0.6) is 0 Å². The number of ketones is 1. The second-order valence-corrected chi connectivity index (χ2v) is 2.85. The van der Waals surface area contributed by atoms with Gasteiger partial charge >= 0.3 is 29.6 Å². The number of carbonyl (C=O) groups excluding carboxylic acids is 1. The maximum atomic E-state index is 11.0. The Kier molecular flexibility index (Phi) is 18.8. The number of rotatable bonds is 6. The van der Waals surface area contributed by atoms with Crippen molar-refractivity contribution in [1.82, 2.24) is 0 Å². The van der Waals surface area contributed by atoms with Crippen molar-refractivity contribution in [2.45, 2.75) is 52.1 Å². The smallest absolute Gasteiger partial charge is 0.846 e. The molecule has 0 heterocycles. The minimum atomic E-state index is -0.949. The zero-order valence-corrected chi connectivity index (χ0v) is 10.4. The molecule has 1 unspecified atom stereocenters. The zero-order chi connectivity index (χ0) is 8.69. The molecule has 1 atom stereocenters. The fraction of sp³-hybridized carbons (Fsp3) is 0.889. The van der Waals surface area contributed by atoms with E-state index in [1.807, 2.05) is 13.8 Å². The van der Waals surface area contributed by atoms with Gasteiger partial charge in [-0.1, -0.05) is 39.2 Å². The Morgan fingerprint density at radius 1 is 1.31 bits per heavy atom. The van der Waals surface area contributed by atoms with Gasteiger partial charge in [0.1, 0.15) is 5.78 Å². The summed E-state index contributed by atoms with van der Waals surface area (Å²) in [6, 6.07) is 0. The normalized spacial score (nSPS) is 11.0. The molecule has 0 aliphatic rings. The molecule has 0 aliphatic carbocycles. The summed E-state index contributed by atoms with van der Waals surface area (Å²) in [5.74, 6) is -0.110. The average Bonchev–Trinajstić information content (AvgIpc) is 2.00. The minimum absolute atomic E-state index is 0. The van der Waals surface area contributed by atoms with Gasteiger partial charge in [-0.15, -0.1) is 0 Å². The van der Waals surface area contributed by atoms with E-state index < -0.39 is 6.10 Å². The molecule has 0 rings (SSSR count). The number of unbranched alkanes of at least 4 members (excludes halogenated alkanes) is 1. The summed E-state index contributed by atoms with van der Waals surface area (Å²) in [6.45, 7) is 3.95. The monoisotopic (exact) mass is 194 g/mol. The van der Waals surface area contributed by atoms with Crippen molar-refractivity contribution in [3.8, 4) is 0 Å². The third kappa shape index (κ3) is 10.6. The van der Waals surface area contributed by atoms with Crippen LogP contribution in [0.2, 0.25) is 0 Å². The second-order valence-electron chi connectivity index (χ2n) is 2.85.